The summed E-state index contributed by atoms with van der Waals surface area (Å²) in [6.45, 7) is 4.20. The SMILES string of the molecule is CC/C=C/CC/C=C/CC/C=C/C(O)C(COC1OC(CO)C(O)C(O)C1O)NC(=O)CCCCCCCCCCCCCCCCCCCCCCCCCOC(=O)CCCCCCCCCCCCC. The number of carbonyl (C=O) groups excluding carboxylic acids is 2. The highest BCUT2D eigenvalue weighted by molar-refractivity contribution is 5.76. The Morgan fingerprint density at radius 3 is 1.36 bits per heavy atom. The van der Waals surface area contributed by atoms with E-state index in [1.54, 1.807) is 6.08 Å². The second-order valence-electron chi connectivity index (χ2n) is 21.0. The Morgan fingerprint density at radius 1 is 0.514 bits per heavy atom. The van der Waals surface area contributed by atoms with Crippen molar-refractivity contribution in [3.8, 4) is 0 Å². The number of esters is 1. The Bertz CT molecular complexity index is 1290. The first kappa shape index (κ1) is 67.9. The number of hydrogen-bond donors (Lipinski definition) is 6. The van der Waals surface area contributed by atoms with Crippen LogP contribution in [-0.4, -0.2) is 100 Å². The maximum Gasteiger partial charge on any atom is 0.305 e. The summed E-state index contributed by atoms with van der Waals surface area (Å²) in [7, 11) is 0. The van der Waals surface area contributed by atoms with Crippen LogP contribution in [0.3, 0.4) is 0 Å². The number of allylic oxidation sites excluding steroid dienone is 5. The molecule has 72 heavy (non-hydrogen) atoms. The van der Waals surface area contributed by atoms with Crippen LogP contribution in [0.1, 0.15) is 277 Å². The summed E-state index contributed by atoms with van der Waals surface area (Å²) < 4.78 is 16.7. The van der Waals surface area contributed by atoms with Gasteiger partial charge in [-0.25, -0.2) is 0 Å². The number of hydrogen-bond acceptors (Lipinski definition) is 10. The molecule has 0 aromatic heterocycles. The van der Waals surface area contributed by atoms with Crippen molar-refractivity contribution in [1.82, 2.24) is 5.32 Å². The minimum absolute atomic E-state index is 0.00135. The number of nitrogens with one attached hydrogen (secondary N) is 1. The second kappa shape index (κ2) is 51.0. The van der Waals surface area contributed by atoms with Gasteiger partial charge in [-0.3, -0.25) is 9.59 Å². The minimum Gasteiger partial charge on any atom is -0.466 e. The number of rotatable bonds is 52. The summed E-state index contributed by atoms with van der Waals surface area (Å²) in [5.41, 5.74) is 0. The van der Waals surface area contributed by atoms with E-state index in [-0.39, 0.29) is 18.5 Å². The fourth-order valence-corrected chi connectivity index (χ4v) is 9.47. The average molecular weight is 1020 g/mol. The van der Waals surface area contributed by atoms with Gasteiger partial charge in [-0.2, -0.15) is 0 Å². The Balaban J connectivity index is 2.01. The number of carbonyl (C=O) groups is 2. The van der Waals surface area contributed by atoms with Gasteiger partial charge in [-0.1, -0.05) is 249 Å². The molecule has 7 unspecified atom stereocenters. The first-order chi connectivity index (χ1) is 35.2. The third-order valence-electron chi connectivity index (χ3n) is 14.2. The van der Waals surface area contributed by atoms with E-state index in [2.05, 4.69) is 43.5 Å². The topological polar surface area (TPSA) is 175 Å². The molecular formula is C61H113NO10. The third kappa shape index (κ3) is 40.2. The maximum atomic E-state index is 13.0. The van der Waals surface area contributed by atoms with Gasteiger partial charge in [-0.05, 0) is 51.4 Å². The fraction of sp³-hybridized carbons (Fsp3) is 0.869. The molecule has 1 fully saturated rings. The molecule has 0 aliphatic carbocycles. The molecule has 11 nitrogen and oxygen atoms in total. The molecule has 0 aromatic rings. The Hall–Kier alpha value is -2.12. The summed E-state index contributed by atoms with van der Waals surface area (Å²) in [4.78, 5) is 25.0. The van der Waals surface area contributed by atoms with Crippen molar-refractivity contribution in [2.45, 2.75) is 320 Å². The zero-order valence-corrected chi connectivity index (χ0v) is 46.4. The molecule has 1 rings (SSSR count). The molecule has 0 aromatic carbocycles. The summed E-state index contributed by atoms with van der Waals surface area (Å²) in [6, 6.07) is -0.833. The highest BCUT2D eigenvalue weighted by atomic mass is 16.7. The van der Waals surface area contributed by atoms with E-state index in [1.807, 2.05) is 6.08 Å². The zero-order valence-electron chi connectivity index (χ0n) is 46.4. The van der Waals surface area contributed by atoms with Gasteiger partial charge in [0.15, 0.2) is 6.29 Å². The van der Waals surface area contributed by atoms with Crippen molar-refractivity contribution in [2.75, 3.05) is 19.8 Å². The largest absolute Gasteiger partial charge is 0.466 e. The van der Waals surface area contributed by atoms with E-state index in [0.29, 0.717) is 19.4 Å². The molecule has 1 aliphatic rings. The fourth-order valence-electron chi connectivity index (χ4n) is 9.47. The number of amides is 1. The van der Waals surface area contributed by atoms with Crippen LogP contribution in [0.25, 0.3) is 0 Å². The average Bonchev–Trinajstić information content (AvgIpc) is 3.38. The number of ether oxygens (including phenoxy) is 3. The molecule has 0 saturated carbocycles. The highest BCUT2D eigenvalue weighted by Crippen LogP contribution is 2.23. The molecule has 0 radical (unpaired) electrons. The van der Waals surface area contributed by atoms with Crippen LogP contribution in [-0.2, 0) is 23.8 Å². The number of aliphatic hydroxyl groups is 5. The van der Waals surface area contributed by atoms with Crippen LogP contribution >= 0.6 is 0 Å². The Kier molecular flexibility index (Phi) is 48.1. The van der Waals surface area contributed by atoms with Crippen molar-refractivity contribution in [1.29, 1.82) is 0 Å². The standard InChI is InChI=1S/C61H113NO10/c1-3-5-7-9-11-13-28-33-37-41-45-49-57(66)70-50-46-42-38-34-30-27-25-23-21-19-17-15-16-18-20-22-24-26-29-32-36-40-44-48-56(65)62-53(52-71-61-60(69)59(68)58(67)55(51-63)72-61)54(64)47-43-39-35-31-14-12-10-8-6-4-2/h6,8,14,31,43,47,53-55,58-61,63-64,67-69H,3-5,7,9-13,15-30,32-42,44-46,48-52H2,1-2H3,(H,62,65)/b8-6+,31-14+,47-43+. The quantitative estimate of drug-likeness (QED) is 0.0195. The third-order valence-corrected chi connectivity index (χ3v) is 14.2. The lowest BCUT2D eigenvalue weighted by atomic mass is 9.99. The molecule has 422 valence electrons. The van der Waals surface area contributed by atoms with E-state index in [4.69, 9.17) is 14.2 Å². The van der Waals surface area contributed by atoms with Crippen LogP contribution < -0.4 is 5.32 Å². The predicted molar refractivity (Wildman–Crippen MR) is 297 cm³/mol. The second-order valence-corrected chi connectivity index (χ2v) is 21.0. The van der Waals surface area contributed by atoms with E-state index in [0.717, 1.165) is 70.6 Å². The van der Waals surface area contributed by atoms with Gasteiger partial charge in [-0.15, -0.1) is 0 Å². The maximum absolute atomic E-state index is 13.0. The van der Waals surface area contributed by atoms with Crippen molar-refractivity contribution in [3.63, 3.8) is 0 Å². The van der Waals surface area contributed by atoms with Gasteiger partial charge >= 0.3 is 5.97 Å². The lowest BCUT2D eigenvalue weighted by molar-refractivity contribution is -0.302. The molecule has 0 spiro atoms. The van der Waals surface area contributed by atoms with E-state index >= 15 is 0 Å². The molecule has 1 heterocycles. The molecule has 6 N–H and O–H groups in total. The zero-order chi connectivity index (χ0) is 52.4. The van der Waals surface area contributed by atoms with Gasteiger partial charge in [0, 0.05) is 12.8 Å². The van der Waals surface area contributed by atoms with E-state index in [9.17, 15) is 35.1 Å². The lowest BCUT2D eigenvalue weighted by Gasteiger charge is -2.40. The van der Waals surface area contributed by atoms with Gasteiger partial charge < -0.3 is 45.1 Å². The lowest BCUT2D eigenvalue weighted by Crippen LogP contribution is -2.60. The van der Waals surface area contributed by atoms with Gasteiger partial charge in [0.1, 0.15) is 24.4 Å². The summed E-state index contributed by atoms with van der Waals surface area (Å²) >= 11 is 0. The van der Waals surface area contributed by atoms with Crippen LogP contribution in [0.15, 0.2) is 36.5 Å². The molecule has 1 saturated heterocycles. The summed E-state index contributed by atoms with van der Waals surface area (Å²) in [5.74, 6) is -0.197. The molecule has 1 amide bonds. The molecule has 0 bridgehead atoms. The van der Waals surface area contributed by atoms with Crippen molar-refractivity contribution in [2.24, 2.45) is 0 Å². The summed E-state index contributed by atoms with van der Waals surface area (Å²) in [5, 5.41) is 54.2. The molecule has 7 atom stereocenters. The van der Waals surface area contributed by atoms with Gasteiger partial charge in [0.05, 0.1) is 32.0 Å². The van der Waals surface area contributed by atoms with Crippen LogP contribution in [0.5, 0.6) is 0 Å². The van der Waals surface area contributed by atoms with Crippen LogP contribution in [0.4, 0.5) is 0 Å². The monoisotopic (exact) mass is 1020 g/mol. The van der Waals surface area contributed by atoms with Gasteiger partial charge in [0.2, 0.25) is 5.91 Å². The van der Waals surface area contributed by atoms with E-state index in [1.165, 1.54) is 180 Å². The smallest absolute Gasteiger partial charge is 0.305 e. The van der Waals surface area contributed by atoms with Crippen molar-refractivity contribution >= 4 is 11.9 Å². The Morgan fingerprint density at radius 2 is 0.917 bits per heavy atom. The van der Waals surface area contributed by atoms with Crippen LogP contribution in [0.2, 0.25) is 0 Å². The van der Waals surface area contributed by atoms with Crippen LogP contribution in [0, 0.1) is 0 Å². The number of aliphatic hydroxyl groups excluding tert-OH is 5. The van der Waals surface area contributed by atoms with E-state index < -0.39 is 49.5 Å². The Labute approximate surface area is 441 Å². The highest BCUT2D eigenvalue weighted by Gasteiger charge is 2.44. The molecule has 1 aliphatic heterocycles. The minimum atomic E-state index is -1.58. The predicted octanol–water partition coefficient (Wildman–Crippen LogP) is 13.9. The van der Waals surface area contributed by atoms with Crippen molar-refractivity contribution in [3.05, 3.63) is 36.5 Å². The first-order valence-electron chi connectivity index (χ1n) is 30.3. The molecular weight excluding hydrogens is 907 g/mol. The number of unbranched alkanes of at least 4 members (excludes halogenated alkanes) is 34. The first-order valence-corrected chi connectivity index (χ1v) is 30.3. The van der Waals surface area contributed by atoms with Gasteiger partial charge in [0.25, 0.3) is 0 Å². The normalized spacial score (nSPS) is 19.2. The summed E-state index contributed by atoms with van der Waals surface area (Å²) in [6.07, 6.45) is 52.6. The van der Waals surface area contributed by atoms with Crippen molar-refractivity contribution < 1.29 is 49.3 Å². The molecule has 11 heteroatoms.